The first-order chi connectivity index (χ1) is 7.38. The smallest absolute Gasteiger partial charge is 0.459 e. The molecule has 0 aromatic rings. The van der Waals surface area contributed by atoms with Gasteiger partial charge in [0.05, 0.1) is 6.61 Å². The van der Waals surface area contributed by atoms with Gasteiger partial charge in [0.15, 0.2) is 0 Å². The molecular formula is C10H15F3O3. The number of alkyl halides is 3. The summed E-state index contributed by atoms with van der Waals surface area (Å²) in [6.07, 6.45) is -2.46. The van der Waals surface area contributed by atoms with Gasteiger partial charge >= 0.3 is 12.1 Å². The van der Waals surface area contributed by atoms with E-state index in [2.05, 4.69) is 4.74 Å². The van der Waals surface area contributed by atoms with Crippen LogP contribution in [-0.2, 0) is 14.3 Å². The number of halogens is 3. The standard InChI is InChI=1S/C10H15F3O3/c1-2-8(14)6-4-3-5-7-16-9(15)10(11,12)13/h2-7H2,1H3. The minimum Gasteiger partial charge on any atom is -0.459 e. The van der Waals surface area contributed by atoms with Crippen LogP contribution >= 0.6 is 0 Å². The molecule has 16 heavy (non-hydrogen) atoms. The van der Waals surface area contributed by atoms with E-state index >= 15 is 0 Å². The first-order valence-electron chi connectivity index (χ1n) is 5.13. The Balaban J connectivity index is 3.41. The molecule has 0 atom stereocenters. The van der Waals surface area contributed by atoms with Gasteiger partial charge in [-0.05, 0) is 19.3 Å². The molecule has 0 aliphatic rings. The molecule has 0 aliphatic heterocycles. The molecule has 0 saturated heterocycles. The molecule has 0 bridgehead atoms. The molecule has 94 valence electrons. The summed E-state index contributed by atoms with van der Waals surface area (Å²) >= 11 is 0. The molecule has 0 N–H and O–H groups in total. The second kappa shape index (κ2) is 7.24. The number of hydrogen-bond acceptors (Lipinski definition) is 3. The molecule has 0 saturated carbocycles. The summed E-state index contributed by atoms with van der Waals surface area (Å²) in [5, 5.41) is 0. The Morgan fingerprint density at radius 1 is 1.12 bits per heavy atom. The van der Waals surface area contributed by atoms with E-state index in [1.54, 1.807) is 6.92 Å². The molecule has 6 heteroatoms. The van der Waals surface area contributed by atoms with Crippen molar-refractivity contribution < 1.29 is 27.5 Å². The van der Waals surface area contributed by atoms with Gasteiger partial charge in [-0.2, -0.15) is 13.2 Å². The van der Waals surface area contributed by atoms with Crippen molar-refractivity contribution in [3.63, 3.8) is 0 Å². The zero-order chi connectivity index (χ0) is 12.6. The van der Waals surface area contributed by atoms with E-state index in [9.17, 15) is 22.8 Å². The Morgan fingerprint density at radius 2 is 1.75 bits per heavy atom. The van der Waals surface area contributed by atoms with E-state index in [0.29, 0.717) is 32.1 Å². The third kappa shape index (κ3) is 7.25. The predicted octanol–water partition coefficient (Wildman–Crippen LogP) is 2.63. The zero-order valence-corrected chi connectivity index (χ0v) is 9.10. The van der Waals surface area contributed by atoms with E-state index in [0.717, 1.165) is 0 Å². The van der Waals surface area contributed by atoms with Crippen molar-refractivity contribution in [2.75, 3.05) is 6.61 Å². The fraction of sp³-hybridized carbons (Fsp3) is 0.800. The van der Waals surface area contributed by atoms with Gasteiger partial charge in [0, 0.05) is 12.8 Å². The summed E-state index contributed by atoms with van der Waals surface area (Å²) in [6, 6.07) is 0. The second-order valence-corrected chi connectivity index (χ2v) is 3.34. The Morgan fingerprint density at radius 3 is 2.25 bits per heavy atom. The first-order valence-corrected chi connectivity index (χ1v) is 5.13. The van der Waals surface area contributed by atoms with Crippen LogP contribution in [0.15, 0.2) is 0 Å². The third-order valence-corrected chi connectivity index (χ3v) is 1.96. The van der Waals surface area contributed by atoms with E-state index < -0.39 is 12.1 Å². The monoisotopic (exact) mass is 240 g/mol. The van der Waals surface area contributed by atoms with Crippen molar-refractivity contribution in [3.05, 3.63) is 0 Å². The summed E-state index contributed by atoms with van der Waals surface area (Å²) in [5.41, 5.74) is 0. The number of rotatable bonds is 7. The normalized spacial score (nSPS) is 11.2. The maximum atomic E-state index is 11.7. The molecular weight excluding hydrogens is 225 g/mol. The highest BCUT2D eigenvalue weighted by Gasteiger charge is 2.40. The van der Waals surface area contributed by atoms with E-state index in [1.165, 1.54) is 0 Å². The van der Waals surface area contributed by atoms with Gasteiger partial charge in [0.1, 0.15) is 5.78 Å². The highest BCUT2D eigenvalue weighted by atomic mass is 19.4. The molecule has 0 spiro atoms. The van der Waals surface area contributed by atoms with Gasteiger partial charge in [-0.1, -0.05) is 6.92 Å². The van der Waals surface area contributed by atoms with Crippen LogP contribution in [0.1, 0.15) is 39.0 Å². The number of hydrogen-bond donors (Lipinski definition) is 0. The van der Waals surface area contributed by atoms with Gasteiger partial charge in [-0.25, -0.2) is 4.79 Å². The predicted molar refractivity (Wildman–Crippen MR) is 50.8 cm³/mol. The second-order valence-electron chi connectivity index (χ2n) is 3.34. The summed E-state index contributed by atoms with van der Waals surface area (Å²) in [6.45, 7) is 1.51. The van der Waals surface area contributed by atoms with Gasteiger partial charge in [-0.3, -0.25) is 4.79 Å². The highest BCUT2D eigenvalue weighted by Crippen LogP contribution is 2.16. The number of unbranched alkanes of at least 4 members (excludes halogenated alkanes) is 2. The zero-order valence-electron chi connectivity index (χ0n) is 9.10. The van der Waals surface area contributed by atoms with Crippen LogP contribution < -0.4 is 0 Å². The molecule has 0 rings (SSSR count). The quantitative estimate of drug-likeness (QED) is 0.507. The Kier molecular flexibility index (Phi) is 6.76. The average Bonchev–Trinajstić information content (AvgIpc) is 2.20. The molecule has 0 fully saturated rings. The largest absolute Gasteiger partial charge is 0.490 e. The lowest BCUT2D eigenvalue weighted by Gasteiger charge is -2.06. The summed E-state index contributed by atoms with van der Waals surface area (Å²) < 4.78 is 39.0. The maximum absolute atomic E-state index is 11.7. The third-order valence-electron chi connectivity index (χ3n) is 1.96. The summed E-state index contributed by atoms with van der Waals surface area (Å²) in [5.74, 6) is -2.02. The molecule has 0 unspecified atom stereocenters. The molecule has 0 amide bonds. The van der Waals surface area contributed by atoms with Crippen LogP contribution in [0.2, 0.25) is 0 Å². The molecule has 0 aliphatic carbocycles. The first kappa shape index (κ1) is 14.9. The molecule has 0 aromatic carbocycles. The van der Waals surface area contributed by atoms with Crippen molar-refractivity contribution in [2.24, 2.45) is 0 Å². The van der Waals surface area contributed by atoms with Crippen molar-refractivity contribution in [1.82, 2.24) is 0 Å². The van der Waals surface area contributed by atoms with Crippen LogP contribution in [0.5, 0.6) is 0 Å². The van der Waals surface area contributed by atoms with Crippen LogP contribution in [0.25, 0.3) is 0 Å². The van der Waals surface area contributed by atoms with Gasteiger partial charge in [0.25, 0.3) is 0 Å². The fourth-order valence-electron chi connectivity index (χ4n) is 1.02. The average molecular weight is 240 g/mol. The number of ketones is 1. The number of carbonyl (C=O) groups excluding carboxylic acids is 2. The molecule has 3 nitrogen and oxygen atoms in total. The summed E-state index contributed by atoms with van der Waals surface area (Å²) in [7, 11) is 0. The molecule has 0 radical (unpaired) electrons. The number of carbonyl (C=O) groups is 2. The molecule has 0 heterocycles. The maximum Gasteiger partial charge on any atom is 0.490 e. The van der Waals surface area contributed by atoms with Gasteiger partial charge < -0.3 is 4.74 Å². The number of ether oxygens (including phenoxy) is 1. The van der Waals surface area contributed by atoms with Crippen molar-refractivity contribution in [3.8, 4) is 0 Å². The van der Waals surface area contributed by atoms with Crippen molar-refractivity contribution in [2.45, 2.75) is 45.2 Å². The van der Waals surface area contributed by atoms with E-state index in [-0.39, 0.29) is 12.4 Å². The molecule has 0 aromatic heterocycles. The Hall–Kier alpha value is -1.07. The SMILES string of the molecule is CCC(=O)CCCCCOC(=O)C(F)(F)F. The number of esters is 1. The van der Waals surface area contributed by atoms with E-state index in [4.69, 9.17) is 0 Å². The van der Waals surface area contributed by atoms with E-state index in [1.807, 2.05) is 0 Å². The fourth-order valence-corrected chi connectivity index (χ4v) is 1.02. The van der Waals surface area contributed by atoms with Crippen molar-refractivity contribution >= 4 is 11.8 Å². The van der Waals surface area contributed by atoms with Gasteiger partial charge in [0.2, 0.25) is 0 Å². The Bertz CT molecular complexity index is 236. The summed E-state index contributed by atoms with van der Waals surface area (Å²) in [4.78, 5) is 21.1. The number of Topliss-reactive ketones (excluding diaryl/α,β-unsaturated/α-hetero) is 1. The van der Waals surface area contributed by atoms with Crippen LogP contribution in [-0.4, -0.2) is 24.5 Å². The van der Waals surface area contributed by atoms with Crippen molar-refractivity contribution in [1.29, 1.82) is 0 Å². The lowest BCUT2D eigenvalue weighted by atomic mass is 10.1. The minimum atomic E-state index is -4.92. The Labute approximate surface area is 92.0 Å². The van der Waals surface area contributed by atoms with Crippen LogP contribution in [0.4, 0.5) is 13.2 Å². The lowest BCUT2D eigenvalue weighted by Crippen LogP contribution is -2.25. The van der Waals surface area contributed by atoms with Crippen LogP contribution in [0, 0.1) is 0 Å². The lowest BCUT2D eigenvalue weighted by molar-refractivity contribution is -0.199. The van der Waals surface area contributed by atoms with Gasteiger partial charge in [-0.15, -0.1) is 0 Å². The minimum absolute atomic E-state index is 0.132. The van der Waals surface area contributed by atoms with Crippen LogP contribution in [0.3, 0.4) is 0 Å². The topological polar surface area (TPSA) is 43.4 Å². The highest BCUT2D eigenvalue weighted by molar-refractivity contribution is 5.77.